The summed E-state index contributed by atoms with van der Waals surface area (Å²) >= 11 is 7.16. The molecule has 0 aliphatic rings. The van der Waals surface area contributed by atoms with Gasteiger partial charge >= 0.3 is 0 Å². The van der Waals surface area contributed by atoms with Gasteiger partial charge < -0.3 is 5.73 Å². The summed E-state index contributed by atoms with van der Waals surface area (Å²) in [6.45, 7) is 0.507. The second-order valence-electron chi connectivity index (χ2n) is 3.75. The minimum Gasteiger partial charge on any atom is -0.330 e. The molecule has 0 bridgehead atoms. The van der Waals surface area contributed by atoms with E-state index in [0.717, 1.165) is 15.5 Å². The predicted molar refractivity (Wildman–Crippen MR) is 72.5 cm³/mol. The average molecular weight is 283 g/mol. The van der Waals surface area contributed by atoms with Gasteiger partial charge in [-0.15, -0.1) is 0 Å². The third-order valence-electron chi connectivity index (χ3n) is 2.29. The van der Waals surface area contributed by atoms with Gasteiger partial charge in [0.2, 0.25) is 0 Å². The SMILES string of the molecule is NCCc1cc(F)cc(Sc2ccc(Cl)cn2)c1. The van der Waals surface area contributed by atoms with Crippen LogP contribution in [0.4, 0.5) is 4.39 Å². The molecule has 0 aliphatic carbocycles. The van der Waals surface area contributed by atoms with Gasteiger partial charge in [-0.3, -0.25) is 0 Å². The lowest BCUT2D eigenvalue weighted by Gasteiger charge is -2.05. The fourth-order valence-electron chi connectivity index (χ4n) is 1.53. The second kappa shape index (κ2) is 6.18. The Labute approximate surface area is 114 Å². The Hall–Kier alpha value is -1.10. The maximum Gasteiger partial charge on any atom is 0.124 e. The van der Waals surface area contributed by atoms with Crippen molar-refractivity contribution in [2.75, 3.05) is 6.54 Å². The van der Waals surface area contributed by atoms with Gasteiger partial charge in [0, 0.05) is 11.1 Å². The van der Waals surface area contributed by atoms with E-state index in [1.165, 1.54) is 23.9 Å². The van der Waals surface area contributed by atoms with Crippen molar-refractivity contribution in [3.63, 3.8) is 0 Å². The molecule has 0 saturated carbocycles. The van der Waals surface area contributed by atoms with Crippen LogP contribution in [0, 0.1) is 5.82 Å². The first-order chi connectivity index (χ1) is 8.67. The number of hydrogen-bond acceptors (Lipinski definition) is 3. The van der Waals surface area contributed by atoms with Crippen LogP contribution < -0.4 is 5.73 Å². The highest BCUT2D eigenvalue weighted by Crippen LogP contribution is 2.28. The van der Waals surface area contributed by atoms with Crippen molar-refractivity contribution < 1.29 is 4.39 Å². The molecule has 0 spiro atoms. The van der Waals surface area contributed by atoms with Gasteiger partial charge in [0.25, 0.3) is 0 Å². The van der Waals surface area contributed by atoms with Gasteiger partial charge in [-0.05, 0) is 48.9 Å². The fraction of sp³-hybridized carbons (Fsp3) is 0.154. The van der Waals surface area contributed by atoms with E-state index in [0.29, 0.717) is 18.0 Å². The molecule has 0 saturated heterocycles. The van der Waals surface area contributed by atoms with Crippen LogP contribution in [0.2, 0.25) is 5.02 Å². The monoisotopic (exact) mass is 282 g/mol. The number of nitrogens with two attached hydrogens (primary N) is 1. The number of nitrogens with zero attached hydrogens (tertiary/aromatic N) is 1. The minimum absolute atomic E-state index is 0.252. The molecule has 2 aromatic rings. The first-order valence-corrected chi connectivity index (χ1v) is 6.66. The normalized spacial score (nSPS) is 10.6. The summed E-state index contributed by atoms with van der Waals surface area (Å²) in [4.78, 5) is 4.98. The zero-order valence-corrected chi connectivity index (χ0v) is 11.1. The smallest absolute Gasteiger partial charge is 0.124 e. The van der Waals surface area contributed by atoms with E-state index < -0.39 is 0 Å². The van der Waals surface area contributed by atoms with E-state index in [-0.39, 0.29) is 5.82 Å². The molecule has 1 heterocycles. The summed E-state index contributed by atoms with van der Waals surface area (Å²) in [5.74, 6) is -0.252. The highest BCUT2D eigenvalue weighted by atomic mass is 35.5. The van der Waals surface area contributed by atoms with Crippen LogP contribution in [-0.4, -0.2) is 11.5 Å². The highest BCUT2D eigenvalue weighted by molar-refractivity contribution is 7.99. The molecular weight excluding hydrogens is 271 g/mol. The van der Waals surface area contributed by atoms with Gasteiger partial charge in [0.1, 0.15) is 10.8 Å². The van der Waals surface area contributed by atoms with E-state index in [9.17, 15) is 4.39 Å². The molecule has 0 unspecified atom stereocenters. The number of halogens is 2. The molecular formula is C13H12ClFN2S. The number of pyridine rings is 1. The topological polar surface area (TPSA) is 38.9 Å². The molecule has 5 heteroatoms. The molecule has 1 aromatic carbocycles. The Kier molecular flexibility index (Phi) is 4.58. The minimum atomic E-state index is -0.252. The van der Waals surface area contributed by atoms with Crippen LogP contribution in [0.15, 0.2) is 46.5 Å². The largest absolute Gasteiger partial charge is 0.330 e. The van der Waals surface area contributed by atoms with E-state index >= 15 is 0 Å². The van der Waals surface area contributed by atoms with Gasteiger partial charge in [-0.25, -0.2) is 9.37 Å². The van der Waals surface area contributed by atoms with Crippen LogP contribution in [0.3, 0.4) is 0 Å². The Morgan fingerprint density at radius 1 is 1.28 bits per heavy atom. The molecule has 0 radical (unpaired) electrons. The standard InChI is InChI=1S/C13H12ClFN2S/c14-10-1-2-13(17-8-10)18-12-6-9(3-4-16)5-11(15)7-12/h1-2,5-8H,3-4,16H2. The molecule has 1 aromatic heterocycles. The Morgan fingerprint density at radius 2 is 2.11 bits per heavy atom. The molecule has 0 fully saturated rings. The zero-order valence-electron chi connectivity index (χ0n) is 9.57. The highest BCUT2D eigenvalue weighted by Gasteiger charge is 2.04. The first kappa shape index (κ1) is 13.3. The van der Waals surface area contributed by atoms with E-state index in [4.69, 9.17) is 17.3 Å². The molecule has 94 valence electrons. The van der Waals surface area contributed by atoms with Gasteiger partial charge in [-0.2, -0.15) is 0 Å². The summed E-state index contributed by atoms with van der Waals surface area (Å²) in [5, 5.41) is 1.37. The Balaban J connectivity index is 2.20. The maximum absolute atomic E-state index is 13.4. The predicted octanol–water partition coefficient (Wildman–Crippen LogP) is 3.53. The summed E-state index contributed by atoms with van der Waals surface area (Å²) in [6, 6.07) is 8.49. The van der Waals surface area contributed by atoms with Crippen LogP contribution in [0.5, 0.6) is 0 Å². The molecule has 0 amide bonds. The second-order valence-corrected chi connectivity index (χ2v) is 5.28. The molecule has 2 rings (SSSR count). The Bertz CT molecular complexity index is 531. The fourth-order valence-corrected chi connectivity index (χ4v) is 2.51. The molecule has 18 heavy (non-hydrogen) atoms. The molecule has 2 nitrogen and oxygen atoms in total. The molecule has 2 N–H and O–H groups in total. The van der Waals surface area contributed by atoms with Crippen molar-refractivity contribution >= 4 is 23.4 Å². The first-order valence-electron chi connectivity index (χ1n) is 5.46. The third kappa shape index (κ3) is 3.70. The summed E-state index contributed by atoms with van der Waals surface area (Å²) < 4.78 is 13.4. The van der Waals surface area contributed by atoms with Crippen LogP contribution in [0.1, 0.15) is 5.56 Å². The van der Waals surface area contributed by atoms with E-state index in [1.54, 1.807) is 18.3 Å². The average Bonchev–Trinajstić information content (AvgIpc) is 2.32. The number of benzene rings is 1. The van der Waals surface area contributed by atoms with Gasteiger partial charge in [-0.1, -0.05) is 23.4 Å². The Morgan fingerprint density at radius 3 is 2.78 bits per heavy atom. The van der Waals surface area contributed by atoms with Crippen molar-refractivity contribution in [3.05, 3.63) is 52.9 Å². The third-order valence-corrected chi connectivity index (χ3v) is 3.43. The number of hydrogen-bond donors (Lipinski definition) is 1. The van der Waals surface area contributed by atoms with Crippen molar-refractivity contribution in [3.8, 4) is 0 Å². The zero-order chi connectivity index (χ0) is 13.0. The lowest BCUT2D eigenvalue weighted by atomic mass is 10.1. The quantitative estimate of drug-likeness (QED) is 0.932. The van der Waals surface area contributed by atoms with Crippen LogP contribution in [0.25, 0.3) is 0 Å². The van der Waals surface area contributed by atoms with Gasteiger partial charge in [0.15, 0.2) is 0 Å². The lowest BCUT2D eigenvalue weighted by Crippen LogP contribution is -2.03. The lowest BCUT2D eigenvalue weighted by molar-refractivity contribution is 0.621. The molecule has 0 atom stereocenters. The van der Waals surface area contributed by atoms with E-state index in [1.807, 2.05) is 6.07 Å². The molecule has 0 aliphatic heterocycles. The van der Waals surface area contributed by atoms with Crippen molar-refractivity contribution in [1.29, 1.82) is 0 Å². The van der Waals surface area contributed by atoms with Crippen LogP contribution in [-0.2, 0) is 6.42 Å². The van der Waals surface area contributed by atoms with Crippen molar-refractivity contribution in [1.82, 2.24) is 4.98 Å². The maximum atomic E-state index is 13.4. The number of rotatable bonds is 4. The summed E-state index contributed by atoms with van der Waals surface area (Å²) in [7, 11) is 0. The van der Waals surface area contributed by atoms with Crippen molar-refractivity contribution in [2.24, 2.45) is 5.73 Å². The number of aromatic nitrogens is 1. The van der Waals surface area contributed by atoms with Gasteiger partial charge in [0.05, 0.1) is 5.02 Å². The van der Waals surface area contributed by atoms with Crippen LogP contribution >= 0.6 is 23.4 Å². The summed E-state index contributed by atoms with van der Waals surface area (Å²) in [6.07, 6.45) is 2.24. The van der Waals surface area contributed by atoms with E-state index in [2.05, 4.69) is 4.98 Å². The van der Waals surface area contributed by atoms with Crippen molar-refractivity contribution in [2.45, 2.75) is 16.3 Å². The summed E-state index contributed by atoms with van der Waals surface area (Å²) in [5.41, 5.74) is 6.37.